The third-order valence-electron chi connectivity index (χ3n) is 6.73. The number of likely N-dealkylation sites (N-methyl/N-ethyl adjacent to an activating group) is 1. The van der Waals surface area contributed by atoms with E-state index in [4.69, 9.17) is 10.1 Å². The van der Waals surface area contributed by atoms with Gasteiger partial charge in [0.2, 0.25) is 0 Å². The van der Waals surface area contributed by atoms with Gasteiger partial charge in [0, 0.05) is 50.7 Å². The summed E-state index contributed by atoms with van der Waals surface area (Å²) in [7, 11) is 2.02. The molecule has 31 heavy (non-hydrogen) atoms. The minimum absolute atomic E-state index is 0.182. The van der Waals surface area contributed by atoms with Gasteiger partial charge in [-0.25, -0.2) is 9.97 Å². The monoisotopic (exact) mass is 423 g/mol. The Morgan fingerprint density at radius 3 is 2.42 bits per heavy atom. The largest absolute Gasteiger partial charge is 0.395 e. The standard InChI is InChI=1S/C25H37N5O/c1-20-26-23(18-25(27-20)30-11-3-4-12-30)17-21-9-13-29(14-10-21)19-22-5-7-24(8-6-22)28(2)15-16-31/h5-8,18,21,31H,3-4,9-17,19H2,1-2H3. The van der Waals surface area contributed by atoms with Gasteiger partial charge in [-0.2, -0.15) is 0 Å². The SMILES string of the molecule is Cc1nc(CC2CCN(Cc3ccc(N(C)CCO)cc3)CC2)cc(N2CCCC2)n1. The second kappa shape index (κ2) is 10.4. The second-order valence-electron chi connectivity index (χ2n) is 9.19. The normalized spacial score (nSPS) is 18.0. The predicted molar refractivity (Wildman–Crippen MR) is 127 cm³/mol. The average Bonchev–Trinajstić information content (AvgIpc) is 3.31. The molecule has 4 rings (SSSR count). The number of piperidine rings is 1. The average molecular weight is 424 g/mol. The molecular weight excluding hydrogens is 386 g/mol. The molecule has 0 aliphatic carbocycles. The van der Waals surface area contributed by atoms with Crippen molar-refractivity contribution in [3.05, 3.63) is 47.4 Å². The summed E-state index contributed by atoms with van der Waals surface area (Å²) in [6, 6.07) is 11.0. The number of anilines is 2. The smallest absolute Gasteiger partial charge is 0.132 e. The first-order chi connectivity index (χ1) is 15.1. The van der Waals surface area contributed by atoms with E-state index in [-0.39, 0.29) is 6.61 Å². The summed E-state index contributed by atoms with van der Waals surface area (Å²) in [5, 5.41) is 9.10. The minimum Gasteiger partial charge on any atom is -0.395 e. The number of aliphatic hydroxyl groups is 1. The van der Waals surface area contributed by atoms with Crippen molar-refractivity contribution in [3.8, 4) is 0 Å². The van der Waals surface area contributed by atoms with E-state index in [2.05, 4.69) is 50.0 Å². The number of rotatable bonds is 8. The molecule has 3 heterocycles. The van der Waals surface area contributed by atoms with E-state index in [1.807, 2.05) is 14.0 Å². The lowest BCUT2D eigenvalue weighted by Crippen LogP contribution is -2.34. The van der Waals surface area contributed by atoms with E-state index in [0.29, 0.717) is 12.5 Å². The van der Waals surface area contributed by atoms with Crippen LogP contribution in [0.25, 0.3) is 0 Å². The summed E-state index contributed by atoms with van der Waals surface area (Å²) in [4.78, 5) is 16.5. The highest BCUT2D eigenvalue weighted by atomic mass is 16.3. The molecule has 1 aromatic heterocycles. The van der Waals surface area contributed by atoms with Crippen molar-refractivity contribution in [2.75, 3.05) is 56.2 Å². The van der Waals surface area contributed by atoms with Gasteiger partial charge in [-0.1, -0.05) is 12.1 Å². The van der Waals surface area contributed by atoms with E-state index in [0.717, 1.165) is 56.5 Å². The van der Waals surface area contributed by atoms with E-state index >= 15 is 0 Å². The van der Waals surface area contributed by atoms with Crippen molar-refractivity contribution in [1.82, 2.24) is 14.9 Å². The zero-order valence-electron chi connectivity index (χ0n) is 19.1. The van der Waals surface area contributed by atoms with Crippen LogP contribution in [-0.4, -0.2) is 66.4 Å². The van der Waals surface area contributed by atoms with Gasteiger partial charge in [0.15, 0.2) is 0 Å². The Balaban J connectivity index is 1.27. The molecule has 0 bridgehead atoms. The maximum absolute atomic E-state index is 9.10. The highest BCUT2D eigenvalue weighted by Gasteiger charge is 2.21. The quantitative estimate of drug-likeness (QED) is 0.703. The Kier molecular flexibility index (Phi) is 7.41. The first-order valence-corrected chi connectivity index (χ1v) is 11.8. The lowest BCUT2D eigenvalue weighted by atomic mass is 9.91. The van der Waals surface area contributed by atoms with Crippen LogP contribution in [0.15, 0.2) is 30.3 Å². The van der Waals surface area contributed by atoms with Crippen molar-refractivity contribution < 1.29 is 5.11 Å². The van der Waals surface area contributed by atoms with Crippen LogP contribution in [0.1, 0.15) is 42.8 Å². The van der Waals surface area contributed by atoms with E-state index in [1.54, 1.807) is 0 Å². The number of hydrogen-bond donors (Lipinski definition) is 1. The molecule has 2 aromatic rings. The topological polar surface area (TPSA) is 55.7 Å². The molecule has 2 aliphatic rings. The Labute approximate surface area is 186 Å². The third kappa shape index (κ3) is 5.95. The van der Waals surface area contributed by atoms with Gasteiger partial charge in [0.05, 0.1) is 6.61 Å². The predicted octanol–water partition coefficient (Wildman–Crippen LogP) is 3.27. The molecule has 0 saturated carbocycles. The Morgan fingerprint density at radius 2 is 1.74 bits per heavy atom. The highest BCUT2D eigenvalue weighted by Crippen LogP contribution is 2.25. The molecule has 2 aliphatic heterocycles. The number of hydrogen-bond acceptors (Lipinski definition) is 6. The van der Waals surface area contributed by atoms with Crippen LogP contribution in [0, 0.1) is 12.8 Å². The third-order valence-corrected chi connectivity index (χ3v) is 6.73. The first-order valence-electron chi connectivity index (χ1n) is 11.8. The number of benzene rings is 1. The maximum atomic E-state index is 9.10. The molecule has 1 N–H and O–H groups in total. The van der Waals surface area contributed by atoms with Crippen molar-refractivity contribution in [1.29, 1.82) is 0 Å². The van der Waals surface area contributed by atoms with Crippen molar-refractivity contribution in [2.45, 2.75) is 45.6 Å². The first kappa shape index (κ1) is 22.0. The summed E-state index contributed by atoms with van der Waals surface area (Å²) < 4.78 is 0. The molecule has 0 unspecified atom stereocenters. The Morgan fingerprint density at radius 1 is 1.03 bits per heavy atom. The fourth-order valence-corrected chi connectivity index (χ4v) is 4.86. The number of aliphatic hydroxyl groups excluding tert-OH is 1. The molecule has 6 nitrogen and oxygen atoms in total. The molecule has 6 heteroatoms. The lowest BCUT2D eigenvalue weighted by Gasteiger charge is -2.32. The summed E-state index contributed by atoms with van der Waals surface area (Å²) in [6.07, 6.45) is 6.10. The van der Waals surface area contributed by atoms with Gasteiger partial charge in [-0.3, -0.25) is 4.90 Å². The fourth-order valence-electron chi connectivity index (χ4n) is 4.86. The van der Waals surface area contributed by atoms with Crippen LogP contribution in [0.2, 0.25) is 0 Å². The van der Waals surface area contributed by atoms with E-state index in [1.165, 1.54) is 36.9 Å². The lowest BCUT2D eigenvalue weighted by molar-refractivity contribution is 0.176. The molecule has 0 atom stereocenters. The van der Waals surface area contributed by atoms with Crippen LogP contribution in [0.5, 0.6) is 0 Å². The van der Waals surface area contributed by atoms with Gasteiger partial charge >= 0.3 is 0 Å². The van der Waals surface area contributed by atoms with Crippen molar-refractivity contribution in [3.63, 3.8) is 0 Å². The van der Waals surface area contributed by atoms with Crippen LogP contribution in [0.3, 0.4) is 0 Å². The molecule has 168 valence electrons. The van der Waals surface area contributed by atoms with Gasteiger partial charge in [-0.05, 0) is 75.7 Å². The summed E-state index contributed by atoms with van der Waals surface area (Å²) in [5.41, 5.74) is 3.74. The molecule has 2 fully saturated rings. The van der Waals surface area contributed by atoms with Crippen LogP contribution in [0.4, 0.5) is 11.5 Å². The number of aromatic nitrogens is 2. The minimum atomic E-state index is 0.182. The van der Waals surface area contributed by atoms with E-state index in [9.17, 15) is 0 Å². The van der Waals surface area contributed by atoms with Crippen molar-refractivity contribution >= 4 is 11.5 Å². The van der Waals surface area contributed by atoms with Crippen LogP contribution in [-0.2, 0) is 13.0 Å². The van der Waals surface area contributed by atoms with Gasteiger partial charge in [0.1, 0.15) is 11.6 Å². The van der Waals surface area contributed by atoms with Crippen molar-refractivity contribution in [2.24, 2.45) is 5.92 Å². The zero-order chi connectivity index (χ0) is 21.6. The number of aryl methyl sites for hydroxylation is 1. The Bertz CT molecular complexity index is 826. The van der Waals surface area contributed by atoms with Gasteiger partial charge in [0.25, 0.3) is 0 Å². The zero-order valence-corrected chi connectivity index (χ0v) is 19.1. The molecule has 0 amide bonds. The number of likely N-dealkylation sites (tertiary alicyclic amines) is 1. The number of nitrogens with zero attached hydrogens (tertiary/aromatic N) is 5. The Hall–Kier alpha value is -2.18. The summed E-state index contributed by atoms with van der Waals surface area (Å²) in [6.45, 7) is 8.46. The molecule has 2 saturated heterocycles. The van der Waals surface area contributed by atoms with Gasteiger partial charge in [-0.15, -0.1) is 0 Å². The van der Waals surface area contributed by atoms with Gasteiger partial charge < -0.3 is 14.9 Å². The van der Waals surface area contributed by atoms with Crippen LogP contribution >= 0.6 is 0 Å². The molecule has 0 radical (unpaired) electrons. The molecular formula is C25H37N5O. The summed E-state index contributed by atoms with van der Waals surface area (Å²) in [5.74, 6) is 2.75. The second-order valence-corrected chi connectivity index (χ2v) is 9.19. The molecule has 0 spiro atoms. The maximum Gasteiger partial charge on any atom is 0.132 e. The fraction of sp³-hybridized carbons (Fsp3) is 0.600. The summed E-state index contributed by atoms with van der Waals surface area (Å²) >= 11 is 0. The highest BCUT2D eigenvalue weighted by molar-refractivity contribution is 5.46. The van der Waals surface area contributed by atoms with Crippen LogP contribution < -0.4 is 9.80 Å². The molecule has 1 aromatic carbocycles. The van der Waals surface area contributed by atoms with E-state index < -0.39 is 0 Å².